The van der Waals surface area contributed by atoms with Crippen molar-refractivity contribution in [2.45, 2.75) is 19.6 Å². The molecule has 0 amide bonds. The van der Waals surface area contributed by atoms with Crippen molar-refractivity contribution in [1.82, 2.24) is 4.98 Å². The lowest BCUT2D eigenvalue weighted by molar-refractivity contribution is 0.185. The second-order valence-corrected chi connectivity index (χ2v) is 5.17. The van der Waals surface area contributed by atoms with Gasteiger partial charge in [0.25, 0.3) is 0 Å². The number of nitrogens with one attached hydrogen (secondary N) is 1. The zero-order chi connectivity index (χ0) is 13.7. The standard InChI is InChI=1S/C15H17BrN2O/c1-11(14-7-3-4-9-17-14)18-15-8-5-6-13(16)12(15)10-19-2/h3-9,11,18H,10H2,1-2H3. The molecule has 0 aliphatic carbocycles. The number of halogens is 1. The molecule has 1 N–H and O–H groups in total. The zero-order valence-electron chi connectivity index (χ0n) is 11.1. The molecule has 0 radical (unpaired) electrons. The van der Waals surface area contributed by atoms with Gasteiger partial charge in [0.2, 0.25) is 0 Å². The highest BCUT2D eigenvalue weighted by Crippen LogP contribution is 2.28. The molecule has 0 aliphatic rings. The summed E-state index contributed by atoms with van der Waals surface area (Å²) in [7, 11) is 1.70. The van der Waals surface area contributed by atoms with Crippen molar-refractivity contribution in [3.8, 4) is 0 Å². The van der Waals surface area contributed by atoms with Crippen LogP contribution in [-0.2, 0) is 11.3 Å². The summed E-state index contributed by atoms with van der Waals surface area (Å²) in [6.45, 7) is 2.67. The topological polar surface area (TPSA) is 34.1 Å². The lowest BCUT2D eigenvalue weighted by Gasteiger charge is -2.18. The predicted octanol–water partition coefficient (Wildman–Crippen LogP) is 4.16. The van der Waals surface area contributed by atoms with E-state index in [4.69, 9.17) is 4.74 Å². The van der Waals surface area contributed by atoms with Crippen molar-refractivity contribution >= 4 is 21.6 Å². The van der Waals surface area contributed by atoms with E-state index in [0.29, 0.717) is 6.61 Å². The molecule has 4 heteroatoms. The van der Waals surface area contributed by atoms with E-state index in [1.807, 2.05) is 36.5 Å². The van der Waals surface area contributed by atoms with Gasteiger partial charge in [-0.15, -0.1) is 0 Å². The van der Waals surface area contributed by atoms with E-state index in [-0.39, 0.29) is 6.04 Å². The highest BCUT2D eigenvalue weighted by molar-refractivity contribution is 9.10. The van der Waals surface area contributed by atoms with E-state index in [1.54, 1.807) is 7.11 Å². The Labute approximate surface area is 122 Å². The van der Waals surface area contributed by atoms with Crippen LogP contribution in [0, 0.1) is 0 Å². The molecule has 1 atom stereocenters. The van der Waals surface area contributed by atoms with Crippen molar-refractivity contribution in [2.75, 3.05) is 12.4 Å². The van der Waals surface area contributed by atoms with E-state index in [2.05, 4.69) is 39.2 Å². The molecule has 0 saturated carbocycles. The maximum Gasteiger partial charge on any atom is 0.0744 e. The van der Waals surface area contributed by atoms with Crippen LogP contribution in [0.1, 0.15) is 24.2 Å². The molecule has 19 heavy (non-hydrogen) atoms. The first kappa shape index (κ1) is 14.0. The summed E-state index contributed by atoms with van der Waals surface area (Å²) in [4.78, 5) is 4.37. The molecule has 0 saturated heterocycles. The van der Waals surface area contributed by atoms with E-state index >= 15 is 0 Å². The van der Waals surface area contributed by atoms with Gasteiger partial charge in [0.15, 0.2) is 0 Å². The Hall–Kier alpha value is -1.39. The first-order chi connectivity index (χ1) is 9.22. The monoisotopic (exact) mass is 320 g/mol. The lowest BCUT2D eigenvalue weighted by Crippen LogP contribution is -2.10. The first-order valence-electron chi connectivity index (χ1n) is 6.16. The molecular formula is C15H17BrN2O. The maximum atomic E-state index is 5.25. The maximum absolute atomic E-state index is 5.25. The van der Waals surface area contributed by atoms with Crippen molar-refractivity contribution in [1.29, 1.82) is 0 Å². The van der Waals surface area contributed by atoms with Gasteiger partial charge < -0.3 is 10.1 Å². The normalized spacial score (nSPS) is 12.2. The molecule has 1 aromatic heterocycles. The second kappa shape index (κ2) is 6.68. The Morgan fingerprint density at radius 1 is 1.26 bits per heavy atom. The van der Waals surface area contributed by atoms with E-state index < -0.39 is 0 Å². The first-order valence-corrected chi connectivity index (χ1v) is 6.95. The molecule has 0 spiro atoms. The Morgan fingerprint density at radius 2 is 2.11 bits per heavy atom. The van der Waals surface area contributed by atoms with Crippen LogP contribution in [-0.4, -0.2) is 12.1 Å². The number of anilines is 1. The SMILES string of the molecule is COCc1c(Br)cccc1NC(C)c1ccccn1. The van der Waals surface area contributed by atoms with Gasteiger partial charge in [0.05, 0.1) is 18.3 Å². The van der Waals surface area contributed by atoms with Crippen LogP contribution in [0.25, 0.3) is 0 Å². The number of benzene rings is 1. The summed E-state index contributed by atoms with van der Waals surface area (Å²) in [6.07, 6.45) is 1.81. The number of hydrogen-bond donors (Lipinski definition) is 1. The summed E-state index contributed by atoms with van der Waals surface area (Å²) in [6, 6.07) is 12.2. The van der Waals surface area contributed by atoms with Gasteiger partial charge >= 0.3 is 0 Å². The molecule has 0 aliphatic heterocycles. The van der Waals surface area contributed by atoms with Crippen LogP contribution in [0.3, 0.4) is 0 Å². The van der Waals surface area contributed by atoms with Gasteiger partial charge in [-0.3, -0.25) is 4.98 Å². The Morgan fingerprint density at radius 3 is 2.79 bits per heavy atom. The zero-order valence-corrected chi connectivity index (χ0v) is 12.6. The van der Waals surface area contributed by atoms with Crippen LogP contribution >= 0.6 is 15.9 Å². The number of aromatic nitrogens is 1. The summed E-state index contributed by atoms with van der Waals surface area (Å²) < 4.78 is 6.30. The van der Waals surface area contributed by atoms with Crippen molar-refractivity contribution in [3.05, 3.63) is 58.3 Å². The van der Waals surface area contributed by atoms with Gasteiger partial charge in [-0.25, -0.2) is 0 Å². The third-order valence-corrected chi connectivity index (χ3v) is 3.65. The van der Waals surface area contributed by atoms with Crippen LogP contribution in [0.15, 0.2) is 47.1 Å². The second-order valence-electron chi connectivity index (χ2n) is 4.32. The van der Waals surface area contributed by atoms with Crippen molar-refractivity contribution < 1.29 is 4.74 Å². The number of methoxy groups -OCH3 is 1. The highest BCUT2D eigenvalue weighted by atomic mass is 79.9. The van der Waals surface area contributed by atoms with E-state index in [1.165, 1.54) is 0 Å². The van der Waals surface area contributed by atoms with Crippen molar-refractivity contribution in [2.24, 2.45) is 0 Å². The largest absolute Gasteiger partial charge is 0.380 e. The number of hydrogen-bond acceptors (Lipinski definition) is 3. The molecular weight excluding hydrogens is 304 g/mol. The third-order valence-electron chi connectivity index (χ3n) is 2.91. The van der Waals surface area contributed by atoms with Gasteiger partial charge in [-0.2, -0.15) is 0 Å². The predicted molar refractivity (Wildman–Crippen MR) is 81.1 cm³/mol. The average Bonchev–Trinajstić information content (AvgIpc) is 2.43. The summed E-state index contributed by atoms with van der Waals surface area (Å²) in [5, 5.41) is 3.48. The van der Waals surface area contributed by atoms with E-state index in [0.717, 1.165) is 21.4 Å². The summed E-state index contributed by atoms with van der Waals surface area (Å²) in [5.41, 5.74) is 3.20. The molecule has 2 aromatic rings. The molecule has 1 unspecified atom stereocenters. The van der Waals surface area contributed by atoms with Crippen LogP contribution < -0.4 is 5.32 Å². The molecule has 1 heterocycles. The summed E-state index contributed by atoms with van der Waals surface area (Å²) >= 11 is 3.56. The van der Waals surface area contributed by atoms with Gasteiger partial charge in [0.1, 0.15) is 0 Å². The van der Waals surface area contributed by atoms with Crippen LogP contribution in [0.4, 0.5) is 5.69 Å². The molecule has 100 valence electrons. The number of nitrogens with zero attached hydrogens (tertiary/aromatic N) is 1. The highest BCUT2D eigenvalue weighted by Gasteiger charge is 2.11. The Balaban J connectivity index is 2.21. The number of rotatable bonds is 5. The van der Waals surface area contributed by atoms with Gasteiger partial charge in [-0.1, -0.05) is 28.1 Å². The van der Waals surface area contributed by atoms with Crippen LogP contribution in [0.5, 0.6) is 0 Å². The lowest BCUT2D eigenvalue weighted by atomic mass is 10.1. The minimum Gasteiger partial charge on any atom is -0.380 e. The average molecular weight is 321 g/mol. The minimum atomic E-state index is 0.145. The quantitative estimate of drug-likeness (QED) is 0.898. The fourth-order valence-corrected chi connectivity index (χ4v) is 2.40. The smallest absolute Gasteiger partial charge is 0.0744 e. The number of ether oxygens (including phenoxy) is 1. The van der Waals surface area contributed by atoms with Crippen molar-refractivity contribution in [3.63, 3.8) is 0 Å². The molecule has 3 nitrogen and oxygen atoms in total. The van der Waals surface area contributed by atoms with Crippen LogP contribution in [0.2, 0.25) is 0 Å². The third kappa shape index (κ3) is 3.55. The Bertz CT molecular complexity index is 531. The molecule has 0 bridgehead atoms. The molecule has 1 aromatic carbocycles. The van der Waals surface area contributed by atoms with Gasteiger partial charge in [-0.05, 0) is 31.2 Å². The van der Waals surface area contributed by atoms with Gasteiger partial charge in [0, 0.05) is 29.0 Å². The number of pyridine rings is 1. The minimum absolute atomic E-state index is 0.145. The fourth-order valence-electron chi connectivity index (χ4n) is 1.92. The molecule has 2 rings (SSSR count). The Kier molecular flexibility index (Phi) is 4.93. The fraction of sp³-hybridized carbons (Fsp3) is 0.267. The van der Waals surface area contributed by atoms with E-state index in [9.17, 15) is 0 Å². The summed E-state index contributed by atoms with van der Waals surface area (Å²) in [5.74, 6) is 0. The molecule has 0 fully saturated rings.